The lowest BCUT2D eigenvalue weighted by atomic mass is 10.3. The Bertz CT molecular complexity index is 541. The van der Waals surface area contributed by atoms with Crippen LogP contribution in [0.2, 0.25) is 0 Å². The molecule has 1 atom stereocenters. The molecule has 1 amide bonds. The summed E-state index contributed by atoms with van der Waals surface area (Å²) in [6.07, 6.45) is -1.78. The number of carbonyl (C=O) groups is 1. The van der Waals surface area contributed by atoms with Gasteiger partial charge >= 0.3 is 0 Å². The first-order valence-electron chi connectivity index (χ1n) is 4.67. The van der Waals surface area contributed by atoms with E-state index in [-0.39, 0.29) is 0 Å². The van der Waals surface area contributed by atoms with Crippen molar-refractivity contribution in [3.05, 3.63) is 29.8 Å². The number of nitrogens with two attached hydrogens (primary N) is 1. The van der Waals surface area contributed by atoms with E-state index in [1.807, 2.05) is 0 Å². The molecule has 0 radical (unpaired) electrons. The van der Waals surface area contributed by atoms with Gasteiger partial charge in [0.2, 0.25) is 15.9 Å². The Balaban J connectivity index is 2.98. The third-order valence-electron chi connectivity index (χ3n) is 1.98. The van der Waals surface area contributed by atoms with Crippen molar-refractivity contribution in [1.29, 1.82) is 0 Å². The standard InChI is InChI=1S/C9H10F2N2O4S/c10-5-2-1-3-6(11)8(5)18(16,17)13-4-7(14)9(12)15/h1-3,7,13-14H,4H2,(H2,12,15). The molecule has 1 aromatic rings. The van der Waals surface area contributed by atoms with Crippen LogP contribution >= 0.6 is 0 Å². The van der Waals surface area contributed by atoms with Crippen LogP contribution in [0.1, 0.15) is 0 Å². The number of nitrogens with one attached hydrogen (secondary N) is 1. The van der Waals surface area contributed by atoms with E-state index in [1.54, 1.807) is 4.72 Å². The van der Waals surface area contributed by atoms with Gasteiger partial charge in [0.05, 0.1) is 0 Å². The second-order valence-corrected chi connectivity index (χ2v) is 5.02. The van der Waals surface area contributed by atoms with Gasteiger partial charge in [0, 0.05) is 6.54 Å². The average molecular weight is 280 g/mol. The van der Waals surface area contributed by atoms with Crippen LogP contribution in [0.15, 0.2) is 23.1 Å². The molecule has 0 saturated heterocycles. The fourth-order valence-electron chi connectivity index (χ4n) is 1.10. The number of rotatable bonds is 5. The molecule has 0 aromatic heterocycles. The summed E-state index contributed by atoms with van der Waals surface area (Å²) in [5.41, 5.74) is 4.69. The Morgan fingerprint density at radius 1 is 1.39 bits per heavy atom. The largest absolute Gasteiger partial charge is 0.382 e. The van der Waals surface area contributed by atoms with E-state index in [0.29, 0.717) is 0 Å². The first kappa shape index (κ1) is 14.5. The molecule has 0 aliphatic heterocycles. The Hall–Kier alpha value is -1.58. The summed E-state index contributed by atoms with van der Waals surface area (Å²) < 4.78 is 51.2. The smallest absolute Gasteiger partial charge is 0.247 e. The molecule has 0 bridgehead atoms. The van der Waals surface area contributed by atoms with Gasteiger partial charge < -0.3 is 10.8 Å². The van der Waals surface area contributed by atoms with Crippen LogP contribution in [0.5, 0.6) is 0 Å². The Labute approximate surface area is 101 Å². The van der Waals surface area contributed by atoms with Crippen molar-refractivity contribution >= 4 is 15.9 Å². The average Bonchev–Trinajstić information content (AvgIpc) is 2.25. The minimum Gasteiger partial charge on any atom is -0.382 e. The Kier molecular flexibility index (Phi) is 4.33. The van der Waals surface area contributed by atoms with E-state index < -0.39 is 45.1 Å². The van der Waals surface area contributed by atoms with Gasteiger partial charge in [-0.25, -0.2) is 21.9 Å². The molecule has 1 aromatic carbocycles. The SMILES string of the molecule is NC(=O)C(O)CNS(=O)(=O)c1c(F)cccc1F. The van der Waals surface area contributed by atoms with Crippen LogP contribution in [0.3, 0.4) is 0 Å². The number of benzene rings is 1. The molecule has 1 rings (SSSR count). The maximum Gasteiger partial charge on any atom is 0.247 e. The number of hydrogen-bond donors (Lipinski definition) is 3. The first-order valence-corrected chi connectivity index (χ1v) is 6.15. The highest BCUT2D eigenvalue weighted by atomic mass is 32.2. The highest BCUT2D eigenvalue weighted by Crippen LogP contribution is 2.17. The summed E-state index contributed by atoms with van der Waals surface area (Å²) in [4.78, 5) is 9.30. The van der Waals surface area contributed by atoms with E-state index in [4.69, 9.17) is 10.8 Å². The summed E-state index contributed by atoms with van der Waals surface area (Å²) in [7, 11) is -4.52. The molecule has 6 nitrogen and oxygen atoms in total. The van der Waals surface area contributed by atoms with Crippen molar-refractivity contribution in [2.24, 2.45) is 5.73 Å². The van der Waals surface area contributed by atoms with Crippen molar-refractivity contribution in [2.75, 3.05) is 6.54 Å². The molecule has 0 fully saturated rings. The molecule has 100 valence electrons. The van der Waals surface area contributed by atoms with Gasteiger partial charge in [0.1, 0.15) is 17.7 Å². The summed E-state index contributed by atoms with van der Waals surface area (Å²) in [6.45, 7) is -0.772. The molecule has 0 aliphatic rings. The van der Waals surface area contributed by atoms with Gasteiger partial charge in [-0.05, 0) is 12.1 Å². The lowest BCUT2D eigenvalue weighted by molar-refractivity contribution is -0.125. The predicted molar refractivity (Wildman–Crippen MR) is 56.7 cm³/mol. The molecule has 18 heavy (non-hydrogen) atoms. The van der Waals surface area contributed by atoms with E-state index in [2.05, 4.69) is 0 Å². The molecular weight excluding hydrogens is 270 g/mol. The maximum atomic E-state index is 13.2. The van der Waals surface area contributed by atoms with Gasteiger partial charge in [-0.3, -0.25) is 4.79 Å². The number of aliphatic hydroxyl groups excluding tert-OH is 1. The number of amides is 1. The van der Waals surface area contributed by atoms with Gasteiger partial charge in [-0.1, -0.05) is 6.07 Å². The maximum absolute atomic E-state index is 13.2. The number of primary amides is 1. The second-order valence-electron chi connectivity index (χ2n) is 3.32. The van der Waals surface area contributed by atoms with E-state index in [0.717, 1.165) is 18.2 Å². The van der Waals surface area contributed by atoms with Crippen LogP contribution in [0, 0.1) is 11.6 Å². The normalized spacial score (nSPS) is 13.3. The number of carbonyl (C=O) groups excluding carboxylic acids is 1. The molecule has 0 heterocycles. The van der Waals surface area contributed by atoms with Gasteiger partial charge in [-0.15, -0.1) is 0 Å². The van der Waals surface area contributed by atoms with E-state index >= 15 is 0 Å². The fourth-order valence-corrected chi connectivity index (χ4v) is 2.27. The summed E-state index contributed by atoms with van der Waals surface area (Å²) in [6, 6.07) is 2.53. The second kappa shape index (κ2) is 5.38. The minimum atomic E-state index is -4.52. The zero-order valence-electron chi connectivity index (χ0n) is 8.93. The predicted octanol–water partition coefficient (Wildman–Crippen LogP) is -0.911. The summed E-state index contributed by atoms with van der Waals surface area (Å²) in [5, 5.41) is 8.99. The molecule has 9 heteroatoms. The highest BCUT2D eigenvalue weighted by Gasteiger charge is 2.25. The minimum absolute atomic E-state index is 0.766. The Morgan fingerprint density at radius 2 is 1.89 bits per heavy atom. The summed E-state index contributed by atoms with van der Waals surface area (Å²) in [5.74, 6) is -3.72. The van der Waals surface area contributed by atoms with Crippen LogP contribution in [0.4, 0.5) is 8.78 Å². The molecule has 0 spiro atoms. The quantitative estimate of drug-likeness (QED) is 0.648. The van der Waals surface area contributed by atoms with Crippen LogP contribution < -0.4 is 10.5 Å². The van der Waals surface area contributed by atoms with Gasteiger partial charge in [0.25, 0.3) is 0 Å². The number of sulfonamides is 1. The molecular formula is C9H10F2N2O4S. The number of halogens is 2. The van der Waals surface area contributed by atoms with Crippen molar-refractivity contribution in [3.63, 3.8) is 0 Å². The topological polar surface area (TPSA) is 109 Å². The van der Waals surface area contributed by atoms with Crippen molar-refractivity contribution in [2.45, 2.75) is 11.0 Å². The van der Waals surface area contributed by atoms with Crippen molar-refractivity contribution in [3.8, 4) is 0 Å². The third-order valence-corrected chi connectivity index (χ3v) is 3.46. The monoisotopic (exact) mass is 280 g/mol. The highest BCUT2D eigenvalue weighted by molar-refractivity contribution is 7.89. The van der Waals surface area contributed by atoms with Crippen molar-refractivity contribution in [1.82, 2.24) is 4.72 Å². The lowest BCUT2D eigenvalue weighted by Crippen LogP contribution is -2.40. The number of hydrogen-bond acceptors (Lipinski definition) is 4. The lowest BCUT2D eigenvalue weighted by Gasteiger charge is -2.10. The number of aliphatic hydroxyl groups is 1. The molecule has 0 saturated carbocycles. The zero-order chi connectivity index (χ0) is 13.9. The first-order chi connectivity index (χ1) is 8.25. The summed E-state index contributed by atoms with van der Waals surface area (Å²) >= 11 is 0. The Morgan fingerprint density at radius 3 is 2.33 bits per heavy atom. The molecule has 1 unspecified atom stereocenters. The third kappa shape index (κ3) is 3.22. The van der Waals surface area contributed by atoms with Crippen molar-refractivity contribution < 1.29 is 27.1 Å². The van der Waals surface area contributed by atoms with Crippen LogP contribution in [-0.4, -0.2) is 32.1 Å². The van der Waals surface area contributed by atoms with E-state index in [1.165, 1.54) is 0 Å². The van der Waals surface area contributed by atoms with Gasteiger partial charge in [-0.2, -0.15) is 0 Å². The van der Waals surface area contributed by atoms with E-state index in [9.17, 15) is 22.0 Å². The van der Waals surface area contributed by atoms with Crippen LogP contribution in [-0.2, 0) is 14.8 Å². The molecule has 4 N–H and O–H groups in total. The van der Waals surface area contributed by atoms with Gasteiger partial charge in [0.15, 0.2) is 4.90 Å². The fraction of sp³-hybridized carbons (Fsp3) is 0.222. The zero-order valence-corrected chi connectivity index (χ0v) is 9.75. The van der Waals surface area contributed by atoms with Crippen LogP contribution in [0.25, 0.3) is 0 Å². The molecule has 0 aliphatic carbocycles.